The maximum atomic E-state index is 12.7. The number of hydrogen-bond donors (Lipinski definition) is 0. The Labute approximate surface area is 153 Å². The van der Waals surface area contributed by atoms with Crippen LogP contribution in [0.25, 0.3) is 11.0 Å². The third kappa shape index (κ3) is 3.50. The molecule has 0 saturated heterocycles. The minimum Gasteiger partial charge on any atom is -0.479 e. The second-order valence-electron chi connectivity index (χ2n) is 5.45. The lowest BCUT2D eigenvalue weighted by molar-refractivity contribution is -0.386. The highest BCUT2D eigenvalue weighted by Gasteiger charge is 2.33. The van der Waals surface area contributed by atoms with E-state index in [4.69, 9.17) is 4.74 Å². The molecule has 1 aromatic heterocycles. The van der Waals surface area contributed by atoms with E-state index in [2.05, 4.69) is 20.9 Å². The van der Waals surface area contributed by atoms with Crippen molar-refractivity contribution >= 4 is 32.7 Å². The summed E-state index contributed by atoms with van der Waals surface area (Å²) >= 11 is 3.36. The molecule has 0 spiro atoms. The number of benzene rings is 2. The van der Waals surface area contributed by atoms with E-state index in [-0.39, 0.29) is 12.4 Å². The van der Waals surface area contributed by atoms with Crippen molar-refractivity contribution in [3.63, 3.8) is 0 Å². The maximum absolute atomic E-state index is 12.7. The van der Waals surface area contributed by atoms with Gasteiger partial charge in [-0.3, -0.25) is 10.1 Å². The van der Waals surface area contributed by atoms with E-state index >= 15 is 0 Å². The zero-order valence-corrected chi connectivity index (χ0v) is 14.8. The van der Waals surface area contributed by atoms with Gasteiger partial charge in [0.25, 0.3) is 0 Å². The van der Waals surface area contributed by atoms with E-state index in [1.54, 1.807) is 17.7 Å². The van der Waals surface area contributed by atoms with Gasteiger partial charge in [-0.2, -0.15) is 13.2 Å². The molecule has 0 unspecified atom stereocenters. The first-order chi connectivity index (χ1) is 12.2. The number of fused-ring (bicyclic) bond motifs is 1. The number of halogens is 4. The molecule has 0 radical (unpaired) electrons. The van der Waals surface area contributed by atoms with Crippen molar-refractivity contribution in [2.24, 2.45) is 7.05 Å². The number of rotatable bonds is 4. The van der Waals surface area contributed by atoms with Crippen molar-refractivity contribution in [1.82, 2.24) is 9.55 Å². The highest BCUT2D eigenvalue weighted by molar-refractivity contribution is 9.10. The third-order valence-electron chi connectivity index (χ3n) is 3.78. The van der Waals surface area contributed by atoms with Crippen LogP contribution in [0.4, 0.5) is 18.9 Å². The van der Waals surface area contributed by atoms with Crippen LogP contribution in [0.2, 0.25) is 0 Å². The summed E-state index contributed by atoms with van der Waals surface area (Å²) in [6, 6.07) is 7.62. The molecule has 0 saturated carbocycles. The summed E-state index contributed by atoms with van der Waals surface area (Å²) in [6.45, 7) is -0.130. The minimum atomic E-state index is -4.67. The van der Waals surface area contributed by atoms with Crippen LogP contribution >= 0.6 is 15.9 Å². The van der Waals surface area contributed by atoms with Gasteiger partial charge in [0, 0.05) is 17.6 Å². The number of hydrogen-bond acceptors (Lipinski definition) is 4. The SMILES string of the molecule is Cn1c(COc2ccc(C(F)(F)F)cc2[N+](=O)[O-])nc2ccc(Br)cc21. The lowest BCUT2D eigenvalue weighted by Gasteiger charge is -2.10. The highest BCUT2D eigenvalue weighted by Crippen LogP contribution is 2.36. The molecule has 0 bridgehead atoms. The predicted octanol–water partition coefficient (Wildman–Crippen LogP) is 4.84. The van der Waals surface area contributed by atoms with Gasteiger partial charge in [-0.25, -0.2) is 4.98 Å². The molecule has 3 aromatic rings. The van der Waals surface area contributed by atoms with Crippen LogP contribution in [0.3, 0.4) is 0 Å². The number of nitro groups is 1. The monoisotopic (exact) mass is 429 g/mol. The Bertz CT molecular complexity index is 1000. The second-order valence-corrected chi connectivity index (χ2v) is 6.36. The summed E-state index contributed by atoms with van der Waals surface area (Å²) in [4.78, 5) is 14.6. The fraction of sp³-hybridized carbons (Fsp3) is 0.188. The molecule has 0 N–H and O–H groups in total. The van der Waals surface area contributed by atoms with Crippen LogP contribution in [0.5, 0.6) is 5.75 Å². The van der Waals surface area contributed by atoms with Gasteiger partial charge in [0.05, 0.1) is 21.5 Å². The van der Waals surface area contributed by atoms with Gasteiger partial charge in [-0.05, 0) is 30.3 Å². The standard InChI is InChI=1S/C16H11BrF3N3O3/c1-22-12-7-10(17)3-4-11(12)21-15(22)8-26-14-5-2-9(16(18,19)20)6-13(14)23(24)25/h2-7H,8H2,1H3. The summed E-state index contributed by atoms with van der Waals surface area (Å²) in [7, 11) is 1.75. The Morgan fingerprint density at radius 3 is 2.65 bits per heavy atom. The number of alkyl halides is 3. The topological polar surface area (TPSA) is 70.2 Å². The molecular formula is C16H11BrF3N3O3. The molecule has 0 aliphatic heterocycles. The van der Waals surface area contributed by atoms with Gasteiger partial charge in [-0.1, -0.05) is 15.9 Å². The third-order valence-corrected chi connectivity index (χ3v) is 4.27. The van der Waals surface area contributed by atoms with E-state index in [0.717, 1.165) is 22.1 Å². The van der Waals surface area contributed by atoms with Gasteiger partial charge in [0.15, 0.2) is 5.75 Å². The van der Waals surface area contributed by atoms with Gasteiger partial charge < -0.3 is 9.30 Å². The normalized spacial score (nSPS) is 11.7. The fourth-order valence-corrected chi connectivity index (χ4v) is 2.79. The number of ether oxygens (including phenoxy) is 1. The molecule has 26 heavy (non-hydrogen) atoms. The van der Waals surface area contributed by atoms with Gasteiger partial charge in [-0.15, -0.1) is 0 Å². The van der Waals surface area contributed by atoms with E-state index in [1.807, 2.05) is 12.1 Å². The molecule has 136 valence electrons. The number of aromatic nitrogens is 2. The zero-order valence-electron chi connectivity index (χ0n) is 13.2. The largest absolute Gasteiger partial charge is 0.479 e. The van der Waals surface area contributed by atoms with Crippen molar-refractivity contribution in [2.75, 3.05) is 0 Å². The molecule has 0 amide bonds. The average Bonchev–Trinajstić information content (AvgIpc) is 2.87. The molecular weight excluding hydrogens is 419 g/mol. The molecule has 2 aromatic carbocycles. The van der Waals surface area contributed by atoms with Crippen LogP contribution in [-0.2, 0) is 19.8 Å². The lowest BCUT2D eigenvalue weighted by atomic mass is 10.2. The smallest absolute Gasteiger partial charge is 0.416 e. The van der Waals surface area contributed by atoms with Crippen molar-refractivity contribution in [3.05, 3.63) is 62.4 Å². The van der Waals surface area contributed by atoms with Crippen molar-refractivity contribution < 1.29 is 22.8 Å². The lowest BCUT2D eigenvalue weighted by Crippen LogP contribution is -2.08. The first-order valence-electron chi connectivity index (χ1n) is 7.26. The summed E-state index contributed by atoms with van der Waals surface area (Å²) in [5, 5.41) is 11.1. The first kappa shape index (κ1) is 18.2. The summed E-state index contributed by atoms with van der Waals surface area (Å²) in [6.07, 6.45) is -4.67. The highest BCUT2D eigenvalue weighted by atomic mass is 79.9. The maximum Gasteiger partial charge on any atom is 0.416 e. The average molecular weight is 430 g/mol. The fourth-order valence-electron chi connectivity index (χ4n) is 2.44. The molecule has 0 atom stereocenters. The molecule has 3 rings (SSSR count). The molecule has 6 nitrogen and oxygen atoms in total. The second kappa shape index (κ2) is 6.60. The summed E-state index contributed by atoms with van der Waals surface area (Å²) in [5.74, 6) is 0.225. The number of imidazole rings is 1. The molecule has 10 heteroatoms. The minimum absolute atomic E-state index is 0.130. The molecule has 0 fully saturated rings. The van der Waals surface area contributed by atoms with Crippen molar-refractivity contribution in [3.8, 4) is 5.75 Å². The van der Waals surface area contributed by atoms with Gasteiger partial charge in [0.1, 0.15) is 12.4 Å². The Morgan fingerprint density at radius 1 is 1.27 bits per heavy atom. The van der Waals surface area contributed by atoms with E-state index in [0.29, 0.717) is 17.4 Å². The van der Waals surface area contributed by atoms with Gasteiger partial charge in [0.2, 0.25) is 0 Å². The zero-order chi connectivity index (χ0) is 19.1. The van der Waals surface area contributed by atoms with Crippen molar-refractivity contribution in [1.29, 1.82) is 0 Å². The Kier molecular flexibility index (Phi) is 4.61. The quantitative estimate of drug-likeness (QED) is 0.439. The van der Waals surface area contributed by atoms with Crippen LogP contribution < -0.4 is 4.74 Å². The van der Waals surface area contributed by atoms with Gasteiger partial charge >= 0.3 is 11.9 Å². The van der Waals surface area contributed by atoms with E-state index < -0.39 is 22.4 Å². The van der Waals surface area contributed by atoms with E-state index in [9.17, 15) is 23.3 Å². The summed E-state index contributed by atoms with van der Waals surface area (Å²) < 4.78 is 46.2. The predicted molar refractivity (Wildman–Crippen MR) is 90.8 cm³/mol. The first-order valence-corrected chi connectivity index (χ1v) is 8.05. The summed E-state index contributed by atoms with van der Waals surface area (Å²) in [5.41, 5.74) is -0.332. The van der Waals surface area contributed by atoms with Crippen LogP contribution in [0, 0.1) is 10.1 Å². The number of nitro benzene ring substituents is 1. The Hall–Kier alpha value is -2.62. The van der Waals surface area contributed by atoms with Crippen molar-refractivity contribution in [2.45, 2.75) is 12.8 Å². The Morgan fingerprint density at radius 2 is 2.00 bits per heavy atom. The van der Waals surface area contributed by atoms with Crippen LogP contribution in [-0.4, -0.2) is 14.5 Å². The number of nitrogens with zero attached hydrogens (tertiary/aromatic N) is 3. The van der Waals surface area contributed by atoms with Crippen LogP contribution in [0.15, 0.2) is 40.9 Å². The molecule has 0 aliphatic carbocycles. The number of aryl methyl sites for hydroxylation is 1. The van der Waals surface area contributed by atoms with E-state index in [1.165, 1.54) is 0 Å². The Balaban J connectivity index is 1.90. The van der Waals surface area contributed by atoms with Crippen LogP contribution in [0.1, 0.15) is 11.4 Å². The molecule has 1 heterocycles. The molecule has 0 aliphatic rings.